The third kappa shape index (κ3) is 2.35. The Kier molecular flexibility index (Phi) is 3.36. The number of nitrogens with one attached hydrogen (secondary N) is 1. The van der Waals surface area contributed by atoms with Crippen molar-refractivity contribution in [3.8, 4) is 0 Å². The Bertz CT molecular complexity index is 709. The minimum Gasteiger partial charge on any atom is -0.481 e. The molecule has 0 saturated heterocycles. The van der Waals surface area contributed by atoms with Crippen LogP contribution in [0.1, 0.15) is 16.8 Å². The zero-order valence-electron chi connectivity index (χ0n) is 11.9. The molecule has 3 rings (SSSR count). The second kappa shape index (κ2) is 5.02. The van der Waals surface area contributed by atoms with Crippen molar-refractivity contribution in [2.75, 3.05) is 0 Å². The lowest BCUT2D eigenvalue weighted by molar-refractivity contribution is -0.145. The fourth-order valence-corrected chi connectivity index (χ4v) is 3.71. The molecule has 122 valence electrons. The molecule has 2 aliphatic carbocycles. The van der Waals surface area contributed by atoms with Crippen LogP contribution in [-0.4, -0.2) is 39.6 Å². The van der Waals surface area contributed by atoms with Crippen molar-refractivity contribution >= 4 is 17.8 Å². The summed E-state index contributed by atoms with van der Waals surface area (Å²) in [7, 11) is 0. The van der Waals surface area contributed by atoms with Crippen molar-refractivity contribution in [1.29, 1.82) is 0 Å². The first-order valence-corrected chi connectivity index (χ1v) is 7.07. The van der Waals surface area contributed by atoms with Gasteiger partial charge in [0.25, 0.3) is 5.91 Å². The SMILES string of the molecule is N[C@@]1(C(=O)O)C[C@H](NC(=O)c2cccc(F)c2)[C@H]2[C@H](C(=O)O)[C@H]21. The van der Waals surface area contributed by atoms with Crippen LogP contribution < -0.4 is 11.1 Å². The van der Waals surface area contributed by atoms with E-state index in [1.54, 1.807) is 0 Å². The topological polar surface area (TPSA) is 130 Å². The Morgan fingerprint density at radius 1 is 1.30 bits per heavy atom. The lowest BCUT2D eigenvalue weighted by Gasteiger charge is -2.25. The van der Waals surface area contributed by atoms with Gasteiger partial charge in [0.15, 0.2) is 0 Å². The highest BCUT2D eigenvalue weighted by atomic mass is 19.1. The average Bonchev–Trinajstić information content (AvgIpc) is 3.16. The van der Waals surface area contributed by atoms with Gasteiger partial charge in [-0.05, 0) is 30.5 Å². The number of amides is 1. The summed E-state index contributed by atoms with van der Waals surface area (Å²) in [6.45, 7) is 0. The van der Waals surface area contributed by atoms with Crippen molar-refractivity contribution in [1.82, 2.24) is 5.32 Å². The maximum absolute atomic E-state index is 13.2. The summed E-state index contributed by atoms with van der Waals surface area (Å²) in [5, 5.41) is 21.1. The molecule has 1 aromatic rings. The standard InChI is InChI=1S/C15H15FN2O5/c16-7-3-1-2-6(4-7)12(19)18-8-5-15(17,14(22)23)11-9(8)10(11)13(20)21/h1-4,8-11H,5,17H2,(H,18,19)(H,20,21)(H,22,23)/t8-,9-,10-,11-,15-/m0/s1. The number of hydrogen-bond donors (Lipinski definition) is 4. The highest BCUT2D eigenvalue weighted by molar-refractivity contribution is 5.95. The molecule has 5 atom stereocenters. The van der Waals surface area contributed by atoms with Crippen LogP contribution in [0, 0.1) is 23.6 Å². The Hall–Kier alpha value is -2.48. The molecule has 0 aromatic heterocycles. The molecule has 0 aliphatic heterocycles. The molecular weight excluding hydrogens is 307 g/mol. The van der Waals surface area contributed by atoms with E-state index in [4.69, 9.17) is 10.8 Å². The maximum Gasteiger partial charge on any atom is 0.324 e. The van der Waals surface area contributed by atoms with E-state index in [0.717, 1.165) is 6.07 Å². The molecule has 0 radical (unpaired) electrons. The third-order valence-electron chi connectivity index (χ3n) is 4.78. The number of hydrogen-bond acceptors (Lipinski definition) is 4. The van der Waals surface area contributed by atoms with E-state index >= 15 is 0 Å². The van der Waals surface area contributed by atoms with E-state index in [1.807, 2.05) is 0 Å². The fraction of sp³-hybridized carbons (Fsp3) is 0.400. The van der Waals surface area contributed by atoms with Gasteiger partial charge < -0.3 is 21.3 Å². The monoisotopic (exact) mass is 322 g/mol. The highest BCUT2D eigenvalue weighted by Crippen LogP contribution is 2.61. The van der Waals surface area contributed by atoms with Crippen molar-refractivity contribution in [2.45, 2.75) is 18.0 Å². The predicted molar refractivity (Wildman–Crippen MR) is 74.9 cm³/mol. The second-order valence-corrected chi connectivity index (χ2v) is 6.11. The fourth-order valence-electron chi connectivity index (χ4n) is 3.71. The summed E-state index contributed by atoms with van der Waals surface area (Å²) in [5.74, 6) is -5.68. The van der Waals surface area contributed by atoms with E-state index in [-0.39, 0.29) is 12.0 Å². The molecule has 0 heterocycles. The lowest BCUT2D eigenvalue weighted by atomic mass is 9.90. The molecule has 23 heavy (non-hydrogen) atoms. The zero-order valence-corrected chi connectivity index (χ0v) is 11.9. The molecule has 5 N–H and O–H groups in total. The van der Waals surface area contributed by atoms with Crippen LogP contribution in [0.4, 0.5) is 4.39 Å². The number of aliphatic carboxylic acids is 2. The van der Waals surface area contributed by atoms with Crippen LogP contribution in [0.25, 0.3) is 0 Å². The number of carbonyl (C=O) groups is 3. The number of carboxylic acid groups (broad SMARTS) is 2. The molecule has 1 aromatic carbocycles. The molecule has 7 nitrogen and oxygen atoms in total. The van der Waals surface area contributed by atoms with Crippen LogP contribution in [0.3, 0.4) is 0 Å². The molecule has 0 spiro atoms. The molecule has 1 amide bonds. The third-order valence-corrected chi connectivity index (χ3v) is 4.78. The van der Waals surface area contributed by atoms with Gasteiger partial charge in [0.1, 0.15) is 11.4 Å². The van der Waals surface area contributed by atoms with E-state index < -0.39 is 53.0 Å². The quantitative estimate of drug-likeness (QED) is 0.620. The largest absolute Gasteiger partial charge is 0.481 e. The van der Waals surface area contributed by atoms with Crippen molar-refractivity contribution < 1.29 is 29.0 Å². The summed E-state index contributed by atoms with van der Waals surface area (Å²) in [6.07, 6.45) is -0.0531. The van der Waals surface area contributed by atoms with Crippen molar-refractivity contribution in [2.24, 2.45) is 23.5 Å². The normalized spacial score (nSPS) is 34.5. The second-order valence-electron chi connectivity index (χ2n) is 6.11. The minimum absolute atomic E-state index is 0.0531. The smallest absolute Gasteiger partial charge is 0.324 e. The molecule has 2 aliphatic rings. The molecular formula is C15H15FN2O5. The van der Waals surface area contributed by atoms with E-state index in [9.17, 15) is 23.9 Å². The van der Waals surface area contributed by atoms with E-state index in [1.165, 1.54) is 18.2 Å². The van der Waals surface area contributed by atoms with Gasteiger partial charge in [-0.15, -0.1) is 0 Å². The van der Waals surface area contributed by atoms with Gasteiger partial charge in [0, 0.05) is 17.5 Å². The predicted octanol–water partition coefficient (Wildman–Crippen LogP) is 0.0567. The molecule has 8 heteroatoms. The van der Waals surface area contributed by atoms with Crippen LogP contribution >= 0.6 is 0 Å². The van der Waals surface area contributed by atoms with E-state index in [0.29, 0.717) is 0 Å². The summed E-state index contributed by atoms with van der Waals surface area (Å²) in [4.78, 5) is 34.8. The highest BCUT2D eigenvalue weighted by Gasteiger charge is 2.74. The van der Waals surface area contributed by atoms with Gasteiger partial charge in [0.05, 0.1) is 5.92 Å². The van der Waals surface area contributed by atoms with Crippen LogP contribution in [0.2, 0.25) is 0 Å². The number of carboxylic acids is 2. The minimum atomic E-state index is -1.67. The van der Waals surface area contributed by atoms with Crippen molar-refractivity contribution in [3.05, 3.63) is 35.6 Å². The first-order valence-electron chi connectivity index (χ1n) is 7.07. The maximum atomic E-state index is 13.2. The van der Waals surface area contributed by atoms with Crippen LogP contribution in [0.5, 0.6) is 0 Å². The number of halogens is 1. The lowest BCUT2D eigenvalue weighted by Crippen LogP contribution is -2.52. The molecule has 2 fully saturated rings. The van der Waals surface area contributed by atoms with Crippen molar-refractivity contribution in [3.63, 3.8) is 0 Å². The number of rotatable bonds is 4. The van der Waals surface area contributed by atoms with Crippen LogP contribution in [0.15, 0.2) is 24.3 Å². The summed E-state index contributed by atoms with van der Waals surface area (Å²) in [6, 6.07) is 4.37. The Morgan fingerprint density at radius 2 is 2.00 bits per heavy atom. The molecule has 0 bridgehead atoms. The zero-order chi connectivity index (χ0) is 16.9. The first-order chi connectivity index (χ1) is 10.8. The van der Waals surface area contributed by atoms with Gasteiger partial charge in [-0.25, -0.2) is 4.39 Å². The van der Waals surface area contributed by atoms with Gasteiger partial charge in [-0.2, -0.15) is 0 Å². The van der Waals surface area contributed by atoms with Crippen LogP contribution in [-0.2, 0) is 9.59 Å². The van der Waals surface area contributed by atoms with Gasteiger partial charge in [0.2, 0.25) is 0 Å². The number of benzene rings is 1. The molecule has 0 unspecified atom stereocenters. The summed E-state index contributed by atoms with van der Waals surface area (Å²) < 4.78 is 13.2. The Morgan fingerprint density at radius 3 is 2.57 bits per heavy atom. The molecule has 2 saturated carbocycles. The van der Waals surface area contributed by atoms with Gasteiger partial charge >= 0.3 is 11.9 Å². The summed E-state index contributed by atoms with van der Waals surface area (Å²) in [5.41, 5.74) is 4.28. The average molecular weight is 322 g/mol. The van der Waals surface area contributed by atoms with Gasteiger partial charge in [-0.3, -0.25) is 14.4 Å². The Balaban J connectivity index is 1.80. The van der Waals surface area contributed by atoms with Gasteiger partial charge in [-0.1, -0.05) is 6.07 Å². The van der Waals surface area contributed by atoms with E-state index in [2.05, 4.69) is 5.32 Å². The number of fused-ring (bicyclic) bond motifs is 1. The summed E-state index contributed by atoms with van der Waals surface area (Å²) >= 11 is 0. The Labute approximate surface area is 130 Å². The first kappa shape index (κ1) is 15.4. The number of carbonyl (C=O) groups excluding carboxylic acids is 1. The number of nitrogens with two attached hydrogens (primary N) is 1.